The fraction of sp³-hybridized carbons (Fsp3) is 0.667. The van der Waals surface area contributed by atoms with Crippen molar-refractivity contribution in [2.24, 2.45) is 5.92 Å². The molecule has 0 aromatic carbocycles. The Morgan fingerprint density at radius 1 is 1.50 bits per heavy atom. The molecule has 0 atom stereocenters. The van der Waals surface area contributed by atoms with Crippen molar-refractivity contribution in [2.45, 2.75) is 45.6 Å². The van der Waals surface area contributed by atoms with Crippen molar-refractivity contribution in [3.05, 3.63) is 22.2 Å². The molecule has 1 aromatic heterocycles. The zero-order chi connectivity index (χ0) is 11.7. The van der Waals surface area contributed by atoms with Crippen molar-refractivity contribution in [1.29, 1.82) is 0 Å². The Labute approximate surface area is 95.5 Å². The fourth-order valence-electron chi connectivity index (χ4n) is 2.05. The van der Waals surface area contributed by atoms with Crippen LogP contribution in [0.3, 0.4) is 0 Å². The van der Waals surface area contributed by atoms with E-state index >= 15 is 0 Å². The van der Waals surface area contributed by atoms with Gasteiger partial charge in [-0.15, -0.1) is 0 Å². The number of hydrogen-bond acceptors (Lipinski definition) is 3. The van der Waals surface area contributed by atoms with Crippen LogP contribution in [0.4, 0.5) is 5.82 Å². The molecule has 1 saturated carbocycles. The van der Waals surface area contributed by atoms with Crippen molar-refractivity contribution in [3.8, 4) is 0 Å². The minimum absolute atomic E-state index is 0.0754. The third-order valence-electron chi connectivity index (χ3n) is 3.03. The Hall–Kier alpha value is -1.32. The van der Waals surface area contributed by atoms with E-state index in [0.29, 0.717) is 11.9 Å². The number of aromatic nitrogens is 2. The van der Waals surface area contributed by atoms with Gasteiger partial charge in [0.2, 0.25) is 0 Å². The van der Waals surface area contributed by atoms with E-state index in [2.05, 4.69) is 22.2 Å². The van der Waals surface area contributed by atoms with Gasteiger partial charge in [-0.1, -0.05) is 20.8 Å². The van der Waals surface area contributed by atoms with Crippen LogP contribution in [0.1, 0.15) is 45.4 Å². The van der Waals surface area contributed by atoms with E-state index in [4.69, 9.17) is 0 Å². The summed E-state index contributed by atoms with van der Waals surface area (Å²) in [5.74, 6) is 2.51. The topological polar surface area (TPSA) is 57.8 Å². The van der Waals surface area contributed by atoms with Crippen LogP contribution in [0.5, 0.6) is 0 Å². The molecule has 4 nitrogen and oxygen atoms in total. The third-order valence-corrected chi connectivity index (χ3v) is 3.03. The number of rotatable bonds is 3. The van der Waals surface area contributed by atoms with E-state index in [0.717, 1.165) is 11.7 Å². The molecule has 0 bridgehead atoms. The molecule has 1 aliphatic rings. The van der Waals surface area contributed by atoms with Gasteiger partial charge in [0.15, 0.2) is 0 Å². The van der Waals surface area contributed by atoms with Gasteiger partial charge in [0.1, 0.15) is 11.6 Å². The average molecular weight is 221 g/mol. The standard InChI is InChI=1S/C12H19N3O/c1-7(2)12-14-10(6-11(16)15-12)13-9-4-8(3)5-9/h6-9H,4-5H2,1-3H3,(H2,13,14,15,16). The molecule has 88 valence electrons. The molecule has 1 aromatic rings. The first kappa shape index (κ1) is 11.2. The molecular formula is C12H19N3O. The minimum Gasteiger partial charge on any atom is -0.367 e. The van der Waals surface area contributed by atoms with Crippen LogP contribution >= 0.6 is 0 Å². The van der Waals surface area contributed by atoms with Gasteiger partial charge in [-0.3, -0.25) is 4.79 Å². The van der Waals surface area contributed by atoms with Crippen LogP contribution in [-0.2, 0) is 0 Å². The molecule has 1 fully saturated rings. The molecule has 0 radical (unpaired) electrons. The van der Waals surface area contributed by atoms with E-state index < -0.39 is 0 Å². The van der Waals surface area contributed by atoms with Crippen molar-refractivity contribution in [3.63, 3.8) is 0 Å². The van der Waals surface area contributed by atoms with Crippen LogP contribution in [0, 0.1) is 5.92 Å². The van der Waals surface area contributed by atoms with Gasteiger partial charge in [-0.05, 0) is 18.8 Å². The molecule has 0 unspecified atom stereocenters. The summed E-state index contributed by atoms with van der Waals surface area (Å²) in [4.78, 5) is 18.6. The van der Waals surface area contributed by atoms with Crippen molar-refractivity contribution in [1.82, 2.24) is 9.97 Å². The Morgan fingerprint density at radius 2 is 2.19 bits per heavy atom. The smallest absolute Gasteiger partial charge is 0.252 e. The van der Waals surface area contributed by atoms with Gasteiger partial charge in [-0.2, -0.15) is 0 Å². The second-order valence-corrected chi connectivity index (χ2v) is 5.09. The minimum atomic E-state index is -0.0754. The Balaban J connectivity index is 2.11. The first-order chi connectivity index (χ1) is 7.54. The van der Waals surface area contributed by atoms with Crippen molar-refractivity contribution >= 4 is 5.82 Å². The van der Waals surface area contributed by atoms with E-state index in [1.807, 2.05) is 13.8 Å². The average Bonchev–Trinajstić information content (AvgIpc) is 2.14. The highest BCUT2D eigenvalue weighted by Gasteiger charge is 2.25. The summed E-state index contributed by atoms with van der Waals surface area (Å²) in [5, 5.41) is 3.31. The highest BCUT2D eigenvalue weighted by molar-refractivity contribution is 5.35. The van der Waals surface area contributed by atoms with E-state index in [9.17, 15) is 4.79 Å². The first-order valence-corrected chi connectivity index (χ1v) is 5.92. The Morgan fingerprint density at radius 3 is 2.75 bits per heavy atom. The quantitative estimate of drug-likeness (QED) is 0.821. The third kappa shape index (κ3) is 2.43. The number of nitrogens with zero attached hydrogens (tertiary/aromatic N) is 1. The summed E-state index contributed by atoms with van der Waals surface area (Å²) in [5.41, 5.74) is -0.0754. The number of anilines is 1. The summed E-state index contributed by atoms with van der Waals surface area (Å²) in [6.45, 7) is 6.28. The van der Waals surface area contributed by atoms with E-state index in [-0.39, 0.29) is 11.5 Å². The zero-order valence-corrected chi connectivity index (χ0v) is 10.1. The SMILES string of the molecule is CC1CC(Nc2cc(=O)[nH]c(C(C)C)n2)C1. The van der Waals surface area contributed by atoms with Crippen LogP contribution in [0.15, 0.2) is 10.9 Å². The molecule has 1 aliphatic carbocycles. The largest absolute Gasteiger partial charge is 0.367 e. The number of nitrogens with one attached hydrogen (secondary N) is 2. The molecule has 4 heteroatoms. The molecule has 0 saturated heterocycles. The monoisotopic (exact) mass is 221 g/mol. The lowest BCUT2D eigenvalue weighted by atomic mass is 9.82. The second-order valence-electron chi connectivity index (χ2n) is 5.09. The second kappa shape index (κ2) is 4.28. The maximum absolute atomic E-state index is 11.4. The molecule has 16 heavy (non-hydrogen) atoms. The maximum Gasteiger partial charge on any atom is 0.252 e. The molecule has 2 rings (SSSR count). The highest BCUT2D eigenvalue weighted by atomic mass is 16.1. The molecule has 0 amide bonds. The lowest BCUT2D eigenvalue weighted by molar-refractivity contribution is 0.308. The van der Waals surface area contributed by atoms with Gasteiger partial charge in [0, 0.05) is 18.0 Å². The van der Waals surface area contributed by atoms with Gasteiger partial charge in [-0.25, -0.2) is 4.98 Å². The normalized spacial score (nSPS) is 24.2. The number of hydrogen-bond donors (Lipinski definition) is 2. The van der Waals surface area contributed by atoms with Gasteiger partial charge in [0.05, 0.1) is 0 Å². The van der Waals surface area contributed by atoms with Crippen molar-refractivity contribution < 1.29 is 0 Å². The lowest BCUT2D eigenvalue weighted by Gasteiger charge is -2.33. The van der Waals surface area contributed by atoms with E-state index in [1.165, 1.54) is 18.9 Å². The number of H-pyrrole nitrogens is 1. The van der Waals surface area contributed by atoms with Crippen LogP contribution in [0.25, 0.3) is 0 Å². The van der Waals surface area contributed by atoms with Crippen LogP contribution < -0.4 is 10.9 Å². The van der Waals surface area contributed by atoms with Crippen LogP contribution in [-0.4, -0.2) is 16.0 Å². The van der Waals surface area contributed by atoms with Crippen LogP contribution in [0.2, 0.25) is 0 Å². The molecular weight excluding hydrogens is 202 g/mol. The molecule has 1 heterocycles. The predicted octanol–water partition coefficient (Wildman–Crippen LogP) is 2.10. The van der Waals surface area contributed by atoms with Crippen molar-refractivity contribution in [2.75, 3.05) is 5.32 Å². The highest BCUT2D eigenvalue weighted by Crippen LogP contribution is 2.28. The summed E-state index contributed by atoms with van der Waals surface area (Å²) >= 11 is 0. The molecule has 0 spiro atoms. The summed E-state index contributed by atoms with van der Waals surface area (Å²) in [6.07, 6.45) is 2.34. The number of aromatic amines is 1. The molecule has 0 aliphatic heterocycles. The van der Waals surface area contributed by atoms with Gasteiger partial charge < -0.3 is 10.3 Å². The first-order valence-electron chi connectivity index (χ1n) is 5.92. The predicted molar refractivity (Wildman–Crippen MR) is 64.8 cm³/mol. The summed E-state index contributed by atoms with van der Waals surface area (Å²) in [6, 6.07) is 2.03. The molecule has 2 N–H and O–H groups in total. The Kier molecular flexibility index (Phi) is 2.99. The van der Waals surface area contributed by atoms with Gasteiger partial charge in [0.25, 0.3) is 5.56 Å². The Bertz CT molecular complexity index is 419. The lowest BCUT2D eigenvalue weighted by Crippen LogP contribution is -2.34. The summed E-state index contributed by atoms with van der Waals surface area (Å²) < 4.78 is 0. The summed E-state index contributed by atoms with van der Waals surface area (Å²) in [7, 11) is 0. The zero-order valence-electron chi connectivity index (χ0n) is 10.1. The maximum atomic E-state index is 11.4. The van der Waals surface area contributed by atoms with E-state index in [1.54, 1.807) is 0 Å². The van der Waals surface area contributed by atoms with Gasteiger partial charge >= 0.3 is 0 Å². The fourth-order valence-corrected chi connectivity index (χ4v) is 2.05.